The van der Waals surface area contributed by atoms with Gasteiger partial charge in [-0.05, 0) is 68.5 Å². The Kier molecular flexibility index (Phi) is 7.09. The first-order valence-corrected chi connectivity index (χ1v) is 9.79. The van der Waals surface area contributed by atoms with Crippen LogP contribution in [0.3, 0.4) is 0 Å². The maximum Gasteiger partial charge on any atom is 0.234 e. The van der Waals surface area contributed by atoms with Crippen molar-refractivity contribution in [2.75, 3.05) is 19.8 Å². The highest BCUT2D eigenvalue weighted by Crippen LogP contribution is 2.17. The van der Waals surface area contributed by atoms with Gasteiger partial charge in [-0.3, -0.25) is 9.69 Å². The first-order valence-electron chi connectivity index (χ1n) is 8.57. The number of nitrogens with zero attached hydrogens (tertiary/aromatic N) is 1. The largest absolute Gasteiger partial charge is 0.348 e. The van der Waals surface area contributed by atoms with Crippen molar-refractivity contribution in [3.8, 4) is 0 Å². The standard InChI is InChI=1S/C21H28N2OS/c1-15-6-9-19(12-16(15)2)17(3)22-21(24)14-23(4)13-18-7-10-20(25-5)11-8-18/h6-12,17H,13-14H2,1-5H3,(H,22,24). The predicted molar refractivity (Wildman–Crippen MR) is 107 cm³/mol. The molecule has 0 bridgehead atoms. The molecule has 0 heterocycles. The molecule has 0 aromatic heterocycles. The molecule has 0 saturated heterocycles. The van der Waals surface area contributed by atoms with E-state index in [0.717, 1.165) is 12.1 Å². The molecule has 2 aromatic rings. The van der Waals surface area contributed by atoms with Crippen LogP contribution < -0.4 is 5.32 Å². The topological polar surface area (TPSA) is 32.3 Å². The molecule has 0 aliphatic rings. The molecule has 134 valence electrons. The molecule has 1 amide bonds. The fourth-order valence-electron chi connectivity index (χ4n) is 2.75. The average Bonchev–Trinajstić information content (AvgIpc) is 2.57. The predicted octanol–water partition coefficient (Wildman–Crippen LogP) is 4.33. The van der Waals surface area contributed by atoms with Crippen molar-refractivity contribution < 1.29 is 4.79 Å². The first-order chi connectivity index (χ1) is 11.9. The molecular formula is C21H28N2OS. The SMILES string of the molecule is CSc1ccc(CN(C)CC(=O)NC(C)c2ccc(C)c(C)c2)cc1. The highest BCUT2D eigenvalue weighted by atomic mass is 32.2. The van der Waals surface area contributed by atoms with Gasteiger partial charge in [-0.2, -0.15) is 0 Å². The van der Waals surface area contributed by atoms with Crippen molar-refractivity contribution in [1.29, 1.82) is 0 Å². The molecule has 0 radical (unpaired) electrons. The second-order valence-electron chi connectivity index (χ2n) is 6.65. The monoisotopic (exact) mass is 356 g/mol. The van der Waals surface area contributed by atoms with Gasteiger partial charge in [-0.25, -0.2) is 0 Å². The molecule has 3 nitrogen and oxygen atoms in total. The molecule has 1 unspecified atom stereocenters. The maximum atomic E-state index is 12.3. The molecule has 2 aromatic carbocycles. The van der Waals surface area contributed by atoms with Gasteiger partial charge >= 0.3 is 0 Å². The van der Waals surface area contributed by atoms with E-state index in [9.17, 15) is 4.79 Å². The van der Waals surface area contributed by atoms with Gasteiger partial charge in [0.05, 0.1) is 12.6 Å². The Morgan fingerprint density at radius 2 is 1.80 bits per heavy atom. The fourth-order valence-corrected chi connectivity index (χ4v) is 3.16. The van der Waals surface area contributed by atoms with Crippen LogP contribution in [-0.4, -0.2) is 30.7 Å². The van der Waals surface area contributed by atoms with Crippen LogP contribution in [0.25, 0.3) is 0 Å². The molecule has 0 fully saturated rings. The smallest absolute Gasteiger partial charge is 0.234 e. The van der Waals surface area contributed by atoms with Gasteiger partial charge in [0, 0.05) is 11.4 Å². The number of thioether (sulfide) groups is 1. The summed E-state index contributed by atoms with van der Waals surface area (Å²) in [7, 11) is 1.97. The van der Waals surface area contributed by atoms with Gasteiger partial charge < -0.3 is 5.32 Å². The van der Waals surface area contributed by atoms with E-state index in [-0.39, 0.29) is 11.9 Å². The Balaban J connectivity index is 1.86. The molecule has 0 spiro atoms. The summed E-state index contributed by atoms with van der Waals surface area (Å²) in [6.07, 6.45) is 2.07. The van der Waals surface area contributed by atoms with E-state index >= 15 is 0 Å². The molecule has 1 N–H and O–H groups in total. The van der Waals surface area contributed by atoms with Crippen LogP contribution >= 0.6 is 11.8 Å². The van der Waals surface area contributed by atoms with Crippen molar-refractivity contribution in [2.24, 2.45) is 0 Å². The van der Waals surface area contributed by atoms with E-state index in [1.54, 1.807) is 11.8 Å². The highest BCUT2D eigenvalue weighted by molar-refractivity contribution is 7.98. The van der Waals surface area contributed by atoms with Crippen LogP contribution in [0, 0.1) is 13.8 Å². The lowest BCUT2D eigenvalue weighted by atomic mass is 10.0. The minimum Gasteiger partial charge on any atom is -0.348 e. The Morgan fingerprint density at radius 3 is 2.40 bits per heavy atom. The third-order valence-corrected chi connectivity index (χ3v) is 5.18. The number of hydrogen-bond acceptors (Lipinski definition) is 3. The van der Waals surface area contributed by atoms with Crippen molar-refractivity contribution in [3.05, 3.63) is 64.7 Å². The second-order valence-corrected chi connectivity index (χ2v) is 7.53. The summed E-state index contributed by atoms with van der Waals surface area (Å²) in [5, 5.41) is 3.09. The molecular weight excluding hydrogens is 328 g/mol. The normalized spacial score (nSPS) is 12.2. The Hall–Kier alpha value is -1.78. The summed E-state index contributed by atoms with van der Waals surface area (Å²) >= 11 is 1.74. The number of amides is 1. The van der Waals surface area contributed by atoms with E-state index in [0.29, 0.717) is 6.54 Å². The van der Waals surface area contributed by atoms with Crippen LogP contribution in [0.15, 0.2) is 47.4 Å². The molecule has 2 rings (SSSR count). The minimum atomic E-state index is 0.0149. The number of carbonyl (C=O) groups is 1. The van der Waals surface area contributed by atoms with Crippen LogP contribution in [0.2, 0.25) is 0 Å². The number of aryl methyl sites for hydroxylation is 2. The summed E-state index contributed by atoms with van der Waals surface area (Å²) in [4.78, 5) is 15.6. The average molecular weight is 357 g/mol. The fraction of sp³-hybridized carbons (Fsp3) is 0.381. The lowest BCUT2D eigenvalue weighted by molar-refractivity contribution is -0.122. The van der Waals surface area contributed by atoms with Crippen molar-refractivity contribution >= 4 is 17.7 Å². The van der Waals surface area contributed by atoms with Gasteiger partial charge in [0.1, 0.15) is 0 Å². The van der Waals surface area contributed by atoms with E-state index < -0.39 is 0 Å². The summed E-state index contributed by atoms with van der Waals surface area (Å²) in [6, 6.07) is 14.8. The minimum absolute atomic E-state index is 0.0149. The lowest BCUT2D eigenvalue weighted by Gasteiger charge is -2.20. The third kappa shape index (κ3) is 5.91. The maximum absolute atomic E-state index is 12.3. The van der Waals surface area contributed by atoms with Crippen molar-refractivity contribution in [2.45, 2.75) is 38.3 Å². The van der Waals surface area contributed by atoms with Crippen molar-refractivity contribution in [1.82, 2.24) is 10.2 Å². The number of nitrogens with one attached hydrogen (secondary N) is 1. The summed E-state index contributed by atoms with van der Waals surface area (Å²) < 4.78 is 0. The number of likely N-dealkylation sites (N-methyl/N-ethyl adjacent to an activating group) is 1. The van der Waals surface area contributed by atoms with Gasteiger partial charge in [0.15, 0.2) is 0 Å². The number of hydrogen-bond donors (Lipinski definition) is 1. The van der Waals surface area contributed by atoms with Crippen LogP contribution in [0.4, 0.5) is 0 Å². The van der Waals surface area contributed by atoms with E-state index in [1.807, 2.05) is 18.9 Å². The molecule has 1 atom stereocenters. The van der Waals surface area contributed by atoms with Gasteiger partial charge in [-0.15, -0.1) is 11.8 Å². The van der Waals surface area contributed by atoms with Gasteiger partial charge in [0.25, 0.3) is 0 Å². The molecule has 4 heteroatoms. The molecule has 0 aliphatic carbocycles. The Labute approximate surface area is 155 Å². The van der Waals surface area contributed by atoms with Crippen LogP contribution in [-0.2, 0) is 11.3 Å². The number of carbonyl (C=O) groups excluding carboxylic acids is 1. The second kappa shape index (κ2) is 9.07. The summed E-state index contributed by atoms with van der Waals surface area (Å²) in [5.74, 6) is 0.0500. The Morgan fingerprint density at radius 1 is 1.12 bits per heavy atom. The third-order valence-electron chi connectivity index (χ3n) is 4.43. The zero-order chi connectivity index (χ0) is 18.4. The molecule has 25 heavy (non-hydrogen) atoms. The van der Waals surface area contributed by atoms with Crippen LogP contribution in [0.5, 0.6) is 0 Å². The Bertz CT molecular complexity index is 712. The summed E-state index contributed by atoms with van der Waals surface area (Å²) in [5.41, 5.74) is 4.89. The van der Waals surface area contributed by atoms with Crippen LogP contribution in [0.1, 0.15) is 35.2 Å². The zero-order valence-corrected chi connectivity index (χ0v) is 16.6. The highest BCUT2D eigenvalue weighted by Gasteiger charge is 2.12. The zero-order valence-electron chi connectivity index (χ0n) is 15.8. The molecule has 0 saturated carbocycles. The number of rotatable bonds is 7. The first kappa shape index (κ1) is 19.5. The van der Waals surface area contributed by atoms with E-state index in [1.165, 1.54) is 21.6 Å². The summed E-state index contributed by atoms with van der Waals surface area (Å²) in [6.45, 7) is 7.38. The van der Waals surface area contributed by atoms with Crippen molar-refractivity contribution in [3.63, 3.8) is 0 Å². The van der Waals surface area contributed by atoms with E-state index in [4.69, 9.17) is 0 Å². The quantitative estimate of drug-likeness (QED) is 0.749. The lowest BCUT2D eigenvalue weighted by Crippen LogP contribution is -2.36. The van der Waals surface area contributed by atoms with E-state index in [2.05, 4.69) is 67.9 Å². The number of benzene rings is 2. The molecule has 0 aliphatic heterocycles. The van der Waals surface area contributed by atoms with Gasteiger partial charge in [-0.1, -0.05) is 30.3 Å². The van der Waals surface area contributed by atoms with Gasteiger partial charge in [0.2, 0.25) is 5.91 Å².